The van der Waals surface area contributed by atoms with Gasteiger partial charge in [-0.3, -0.25) is 4.79 Å². The van der Waals surface area contributed by atoms with Crippen LogP contribution in [0.4, 0.5) is 26.0 Å². The van der Waals surface area contributed by atoms with E-state index in [1.165, 1.54) is 54.8 Å². The first-order valence-electron chi connectivity index (χ1n) is 14.4. The predicted octanol–water partition coefficient (Wildman–Crippen LogP) is 5.63. The molecule has 12 nitrogen and oxygen atoms in total. The SMILES string of the molecule is C=CC(=O)N1CCC(Nc2cc3c(Nc4ccc(Oc5ccnn5-c5cnc(OC)c(F)c5)cc4F)ncnc3cc2OC)CC1. The van der Waals surface area contributed by atoms with Crippen molar-refractivity contribution in [1.82, 2.24) is 29.6 Å². The van der Waals surface area contributed by atoms with Crippen molar-refractivity contribution in [2.45, 2.75) is 18.9 Å². The monoisotopic (exact) mass is 628 g/mol. The number of hydrogen-bond donors (Lipinski definition) is 2. The van der Waals surface area contributed by atoms with E-state index >= 15 is 4.39 Å². The fraction of sp³-hybridized carbons (Fsp3) is 0.219. The van der Waals surface area contributed by atoms with Crippen LogP contribution in [0.15, 0.2) is 73.8 Å². The molecule has 4 heterocycles. The van der Waals surface area contributed by atoms with Gasteiger partial charge in [-0.1, -0.05) is 6.58 Å². The van der Waals surface area contributed by atoms with E-state index in [4.69, 9.17) is 14.2 Å². The van der Waals surface area contributed by atoms with Crippen LogP contribution in [-0.2, 0) is 4.79 Å². The second kappa shape index (κ2) is 13.1. The zero-order chi connectivity index (χ0) is 32.2. The third kappa shape index (κ3) is 6.22. The van der Waals surface area contributed by atoms with Crippen LogP contribution in [-0.4, -0.2) is 68.9 Å². The van der Waals surface area contributed by atoms with Crippen LogP contribution in [0.1, 0.15) is 12.8 Å². The smallest absolute Gasteiger partial charge is 0.250 e. The second-order valence-corrected chi connectivity index (χ2v) is 10.4. The number of carbonyl (C=O) groups excluding carboxylic acids is 1. The number of carbonyl (C=O) groups is 1. The van der Waals surface area contributed by atoms with Gasteiger partial charge < -0.3 is 29.7 Å². The van der Waals surface area contributed by atoms with Crippen molar-refractivity contribution in [2.75, 3.05) is 37.9 Å². The molecule has 1 saturated heterocycles. The summed E-state index contributed by atoms with van der Waals surface area (Å²) in [5.41, 5.74) is 1.79. The zero-order valence-corrected chi connectivity index (χ0v) is 25.0. The number of likely N-dealkylation sites (tertiary alicyclic amines) is 1. The molecule has 6 rings (SSSR count). The third-order valence-corrected chi connectivity index (χ3v) is 7.55. The number of pyridine rings is 1. The van der Waals surface area contributed by atoms with Gasteiger partial charge in [0.05, 0.1) is 49.2 Å². The molecule has 46 heavy (non-hydrogen) atoms. The largest absolute Gasteiger partial charge is 0.495 e. The summed E-state index contributed by atoms with van der Waals surface area (Å²) in [6.45, 7) is 4.80. The molecule has 2 N–H and O–H groups in total. The molecule has 3 aromatic heterocycles. The normalized spacial score (nSPS) is 13.3. The maximum atomic E-state index is 15.4. The van der Waals surface area contributed by atoms with Gasteiger partial charge in [0, 0.05) is 48.8 Å². The Labute approximate surface area is 262 Å². The highest BCUT2D eigenvalue weighted by atomic mass is 19.1. The number of hydrogen-bond acceptors (Lipinski definition) is 10. The average Bonchev–Trinajstić information content (AvgIpc) is 3.53. The molecule has 1 fully saturated rings. The Kier molecular flexibility index (Phi) is 8.59. The lowest BCUT2D eigenvalue weighted by atomic mass is 10.0. The van der Waals surface area contributed by atoms with Gasteiger partial charge in [-0.25, -0.2) is 23.7 Å². The number of aromatic nitrogens is 5. The minimum Gasteiger partial charge on any atom is -0.495 e. The highest BCUT2D eigenvalue weighted by Crippen LogP contribution is 2.35. The number of benzene rings is 2. The summed E-state index contributed by atoms with van der Waals surface area (Å²) in [5.74, 6) is -0.0782. The Hall–Kier alpha value is -5.79. The number of amides is 1. The molecule has 0 unspecified atom stereocenters. The molecule has 1 amide bonds. The first-order chi connectivity index (χ1) is 22.4. The third-order valence-electron chi connectivity index (χ3n) is 7.55. The van der Waals surface area contributed by atoms with E-state index in [1.807, 2.05) is 6.07 Å². The Morgan fingerprint density at radius 3 is 2.54 bits per heavy atom. The number of ether oxygens (including phenoxy) is 3. The Bertz CT molecular complexity index is 1910. The molecule has 0 bridgehead atoms. The van der Waals surface area contributed by atoms with E-state index in [0.717, 1.165) is 18.5 Å². The molecular weight excluding hydrogens is 598 g/mol. The quantitative estimate of drug-likeness (QED) is 0.188. The van der Waals surface area contributed by atoms with Crippen molar-refractivity contribution in [3.63, 3.8) is 0 Å². The first kappa shape index (κ1) is 30.2. The van der Waals surface area contributed by atoms with Gasteiger partial charge >= 0.3 is 0 Å². The number of rotatable bonds is 10. The molecule has 2 aromatic carbocycles. The second-order valence-electron chi connectivity index (χ2n) is 10.4. The Morgan fingerprint density at radius 1 is 1.00 bits per heavy atom. The maximum Gasteiger partial charge on any atom is 0.250 e. The highest BCUT2D eigenvalue weighted by molar-refractivity contribution is 5.95. The van der Waals surface area contributed by atoms with Crippen LogP contribution in [0, 0.1) is 11.6 Å². The molecule has 1 aliphatic rings. The van der Waals surface area contributed by atoms with Gasteiger partial charge in [-0.15, -0.1) is 0 Å². The minimum absolute atomic E-state index is 0.0733. The van der Waals surface area contributed by atoms with Crippen LogP contribution in [0.2, 0.25) is 0 Å². The van der Waals surface area contributed by atoms with Crippen LogP contribution in [0.5, 0.6) is 23.3 Å². The van der Waals surface area contributed by atoms with E-state index in [1.54, 1.807) is 30.2 Å². The van der Waals surface area contributed by atoms with Gasteiger partial charge in [-0.2, -0.15) is 9.78 Å². The van der Waals surface area contributed by atoms with E-state index in [-0.39, 0.29) is 35.1 Å². The molecule has 0 atom stereocenters. The van der Waals surface area contributed by atoms with Crippen molar-refractivity contribution in [3.05, 3.63) is 85.5 Å². The van der Waals surface area contributed by atoms with Gasteiger partial charge in [-0.05, 0) is 37.1 Å². The number of nitrogens with zero attached hydrogens (tertiary/aromatic N) is 6. The van der Waals surface area contributed by atoms with Gasteiger partial charge in [0.15, 0.2) is 5.82 Å². The van der Waals surface area contributed by atoms with Crippen molar-refractivity contribution in [3.8, 4) is 28.9 Å². The van der Waals surface area contributed by atoms with Crippen LogP contribution >= 0.6 is 0 Å². The standard InChI is InChI=1S/C32H30F2N8O4/c1-4-29(43)41-11-8-19(9-12-41)39-27-15-22-26(16-28(27)44-2)36-18-37-31(22)40-25-6-5-21(14-23(25)33)46-30-7-10-38-42(30)20-13-24(34)32(45-3)35-17-20/h4-7,10,13-19,39H,1,8-9,11-12H2,2-3H3,(H,36,37,40). The van der Waals surface area contributed by atoms with Crippen molar-refractivity contribution < 1.29 is 27.8 Å². The lowest BCUT2D eigenvalue weighted by Gasteiger charge is -2.32. The molecule has 0 radical (unpaired) electrons. The van der Waals surface area contributed by atoms with Crippen molar-refractivity contribution in [1.29, 1.82) is 0 Å². The van der Waals surface area contributed by atoms with Crippen LogP contribution in [0.3, 0.4) is 0 Å². The van der Waals surface area contributed by atoms with E-state index in [2.05, 4.69) is 37.3 Å². The molecule has 5 aromatic rings. The summed E-state index contributed by atoms with van der Waals surface area (Å²) in [6.07, 6.45) is 7.08. The van der Waals surface area contributed by atoms with Gasteiger partial charge in [0.2, 0.25) is 17.7 Å². The predicted molar refractivity (Wildman–Crippen MR) is 167 cm³/mol. The summed E-state index contributed by atoms with van der Waals surface area (Å²) in [6, 6.07) is 10.9. The lowest BCUT2D eigenvalue weighted by molar-refractivity contribution is -0.126. The fourth-order valence-electron chi connectivity index (χ4n) is 5.21. The summed E-state index contributed by atoms with van der Waals surface area (Å²) in [4.78, 5) is 26.4. The number of anilines is 3. The number of methoxy groups -OCH3 is 2. The molecule has 0 spiro atoms. The molecule has 1 aliphatic heterocycles. The van der Waals surface area contributed by atoms with E-state index < -0.39 is 11.6 Å². The highest BCUT2D eigenvalue weighted by Gasteiger charge is 2.23. The van der Waals surface area contributed by atoms with Crippen molar-refractivity contribution in [2.24, 2.45) is 0 Å². The number of fused-ring (bicyclic) bond motifs is 1. The lowest BCUT2D eigenvalue weighted by Crippen LogP contribution is -2.41. The first-order valence-corrected chi connectivity index (χ1v) is 14.4. The molecule has 236 valence electrons. The summed E-state index contributed by atoms with van der Waals surface area (Å²) < 4.78 is 47.3. The van der Waals surface area contributed by atoms with Gasteiger partial charge in [0.1, 0.15) is 29.5 Å². The van der Waals surface area contributed by atoms with E-state index in [9.17, 15) is 9.18 Å². The summed E-state index contributed by atoms with van der Waals surface area (Å²) >= 11 is 0. The Balaban J connectivity index is 1.20. The minimum atomic E-state index is -0.663. The zero-order valence-electron chi connectivity index (χ0n) is 25.0. The average molecular weight is 629 g/mol. The number of nitrogens with one attached hydrogen (secondary N) is 2. The number of piperidine rings is 1. The van der Waals surface area contributed by atoms with Crippen LogP contribution in [0.25, 0.3) is 16.6 Å². The molecule has 14 heteroatoms. The van der Waals surface area contributed by atoms with E-state index in [0.29, 0.717) is 41.2 Å². The van der Waals surface area contributed by atoms with Crippen molar-refractivity contribution >= 4 is 34.0 Å². The van der Waals surface area contributed by atoms with Gasteiger partial charge in [0.25, 0.3) is 0 Å². The summed E-state index contributed by atoms with van der Waals surface area (Å²) in [5, 5.41) is 11.4. The molecule has 0 saturated carbocycles. The summed E-state index contributed by atoms with van der Waals surface area (Å²) in [7, 11) is 2.90. The maximum absolute atomic E-state index is 15.4. The molecule has 0 aliphatic carbocycles. The van der Waals surface area contributed by atoms with Crippen LogP contribution < -0.4 is 24.8 Å². The molecular formula is C32H30F2N8O4. The fourth-order valence-corrected chi connectivity index (χ4v) is 5.21. The Morgan fingerprint density at radius 2 is 1.83 bits per heavy atom. The topological polar surface area (TPSA) is 129 Å². The number of halogens is 2.